The van der Waals surface area contributed by atoms with E-state index < -0.39 is 9.84 Å². The maximum atomic E-state index is 13.0. The fraction of sp³-hybridized carbons (Fsp3) is 0.400. The summed E-state index contributed by atoms with van der Waals surface area (Å²) in [6.07, 6.45) is 2.94. The van der Waals surface area contributed by atoms with E-state index in [1.165, 1.54) is 32.7 Å². The third-order valence-corrected chi connectivity index (χ3v) is 6.60. The summed E-state index contributed by atoms with van der Waals surface area (Å²) in [5.41, 5.74) is 0.828. The van der Waals surface area contributed by atoms with Gasteiger partial charge in [-0.1, -0.05) is 0 Å². The molecule has 1 aromatic carbocycles. The first-order valence-corrected chi connectivity index (χ1v) is 10.9. The lowest BCUT2D eigenvalue weighted by Crippen LogP contribution is -2.47. The molecule has 0 bridgehead atoms. The quantitative estimate of drug-likeness (QED) is 0.700. The van der Waals surface area contributed by atoms with Crippen LogP contribution in [0.2, 0.25) is 0 Å². The van der Waals surface area contributed by atoms with Gasteiger partial charge in [0, 0.05) is 44.6 Å². The Balaban J connectivity index is 1.84. The molecule has 8 nitrogen and oxygen atoms in total. The second-order valence-electron chi connectivity index (χ2n) is 6.95. The summed E-state index contributed by atoms with van der Waals surface area (Å²) in [6.45, 7) is 2.89. The van der Waals surface area contributed by atoms with Crippen molar-refractivity contribution in [3.8, 4) is 11.5 Å². The van der Waals surface area contributed by atoms with E-state index in [9.17, 15) is 13.2 Å². The van der Waals surface area contributed by atoms with Gasteiger partial charge in [0.15, 0.2) is 9.84 Å². The Kier molecular flexibility index (Phi) is 6.39. The van der Waals surface area contributed by atoms with Gasteiger partial charge in [0.05, 0.1) is 25.5 Å². The summed E-state index contributed by atoms with van der Waals surface area (Å²) in [5, 5.41) is 0. The van der Waals surface area contributed by atoms with E-state index in [0.717, 1.165) is 13.1 Å². The molecule has 3 rings (SSSR count). The van der Waals surface area contributed by atoms with Crippen molar-refractivity contribution >= 4 is 15.7 Å². The molecule has 0 spiro atoms. The number of aromatic nitrogens is 1. The third kappa shape index (κ3) is 4.86. The standard InChI is InChI=1S/C20H25N3O5S/c1-22-6-8-23(9-7-22)20(24)16-10-15(12-21-13-16)14-29(25,26)19-11-17(27-2)4-5-18(19)28-3/h4-5,10-13H,6-9,14H2,1-3H3. The Morgan fingerprint density at radius 1 is 1.07 bits per heavy atom. The normalized spacial score (nSPS) is 15.2. The minimum atomic E-state index is -3.74. The number of pyridine rings is 1. The van der Waals surface area contributed by atoms with Crippen LogP contribution in [0.5, 0.6) is 11.5 Å². The number of likely N-dealkylation sites (N-methyl/N-ethyl adjacent to an activating group) is 1. The minimum Gasteiger partial charge on any atom is -0.497 e. The van der Waals surface area contributed by atoms with Gasteiger partial charge >= 0.3 is 0 Å². The second kappa shape index (κ2) is 8.79. The number of carbonyl (C=O) groups excluding carboxylic acids is 1. The fourth-order valence-corrected chi connectivity index (χ4v) is 4.71. The largest absolute Gasteiger partial charge is 0.497 e. The molecule has 1 fully saturated rings. The maximum Gasteiger partial charge on any atom is 0.255 e. The molecule has 156 valence electrons. The zero-order valence-electron chi connectivity index (χ0n) is 16.8. The molecule has 1 aromatic heterocycles. The van der Waals surface area contributed by atoms with Gasteiger partial charge in [0.2, 0.25) is 0 Å². The predicted octanol–water partition coefficient (Wildman–Crippen LogP) is 1.46. The zero-order valence-corrected chi connectivity index (χ0v) is 17.6. The van der Waals surface area contributed by atoms with Gasteiger partial charge in [-0.15, -0.1) is 0 Å². The number of piperazine rings is 1. The van der Waals surface area contributed by atoms with Gasteiger partial charge < -0.3 is 19.3 Å². The number of sulfone groups is 1. The first-order valence-electron chi connectivity index (χ1n) is 9.20. The molecule has 0 N–H and O–H groups in total. The average Bonchev–Trinajstić information content (AvgIpc) is 2.73. The van der Waals surface area contributed by atoms with Crippen LogP contribution >= 0.6 is 0 Å². The predicted molar refractivity (Wildman–Crippen MR) is 108 cm³/mol. The van der Waals surface area contributed by atoms with Crippen molar-refractivity contribution in [3.05, 3.63) is 47.8 Å². The van der Waals surface area contributed by atoms with Crippen LogP contribution in [0.3, 0.4) is 0 Å². The van der Waals surface area contributed by atoms with Crippen LogP contribution in [-0.4, -0.2) is 76.6 Å². The number of methoxy groups -OCH3 is 2. The van der Waals surface area contributed by atoms with Crippen molar-refractivity contribution in [2.24, 2.45) is 0 Å². The lowest BCUT2D eigenvalue weighted by Gasteiger charge is -2.32. The van der Waals surface area contributed by atoms with Gasteiger partial charge in [-0.25, -0.2) is 8.42 Å². The molecule has 9 heteroatoms. The van der Waals surface area contributed by atoms with Crippen molar-refractivity contribution in [1.29, 1.82) is 0 Å². The molecule has 2 aromatic rings. The summed E-state index contributed by atoms with van der Waals surface area (Å²) >= 11 is 0. The van der Waals surface area contributed by atoms with E-state index in [2.05, 4.69) is 9.88 Å². The second-order valence-corrected chi connectivity index (χ2v) is 8.91. The van der Waals surface area contributed by atoms with Crippen molar-refractivity contribution in [1.82, 2.24) is 14.8 Å². The number of amides is 1. The van der Waals surface area contributed by atoms with Gasteiger partial charge in [-0.3, -0.25) is 9.78 Å². The molecule has 29 heavy (non-hydrogen) atoms. The molecule has 0 radical (unpaired) electrons. The van der Waals surface area contributed by atoms with Crippen molar-refractivity contribution < 1.29 is 22.7 Å². The maximum absolute atomic E-state index is 13.0. The topological polar surface area (TPSA) is 89.0 Å². The van der Waals surface area contributed by atoms with Crippen LogP contribution in [0.25, 0.3) is 0 Å². The molecule has 0 saturated carbocycles. The van der Waals surface area contributed by atoms with E-state index in [1.54, 1.807) is 23.1 Å². The number of hydrogen-bond acceptors (Lipinski definition) is 7. The summed E-state index contributed by atoms with van der Waals surface area (Å²) in [5.74, 6) is 0.224. The number of benzene rings is 1. The minimum absolute atomic E-state index is 0.0372. The summed E-state index contributed by atoms with van der Waals surface area (Å²) in [6, 6.07) is 6.21. The fourth-order valence-electron chi connectivity index (χ4n) is 3.20. The van der Waals surface area contributed by atoms with E-state index in [4.69, 9.17) is 9.47 Å². The summed E-state index contributed by atoms with van der Waals surface area (Å²) < 4.78 is 36.4. The highest BCUT2D eigenvalue weighted by Gasteiger charge is 2.24. The van der Waals surface area contributed by atoms with Gasteiger partial charge in [-0.2, -0.15) is 0 Å². The molecular formula is C20H25N3O5S. The van der Waals surface area contributed by atoms with E-state index >= 15 is 0 Å². The Bertz CT molecular complexity index is 985. The molecular weight excluding hydrogens is 394 g/mol. The van der Waals surface area contributed by atoms with Crippen LogP contribution < -0.4 is 9.47 Å². The molecule has 0 unspecified atom stereocenters. The number of rotatable bonds is 6. The molecule has 2 heterocycles. The smallest absolute Gasteiger partial charge is 0.255 e. The van der Waals surface area contributed by atoms with Crippen LogP contribution in [0.15, 0.2) is 41.6 Å². The highest BCUT2D eigenvalue weighted by Crippen LogP contribution is 2.30. The Morgan fingerprint density at radius 2 is 1.79 bits per heavy atom. The Hall–Kier alpha value is -2.65. The first kappa shape index (κ1) is 21.1. The van der Waals surface area contributed by atoms with Gasteiger partial charge in [-0.05, 0) is 30.8 Å². The van der Waals surface area contributed by atoms with E-state index in [0.29, 0.717) is 30.0 Å². The van der Waals surface area contributed by atoms with E-state index in [1.807, 2.05) is 7.05 Å². The highest BCUT2D eigenvalue weighted by atomic mass is 32.2. The molecule has 0 aliphatic carbocycles. The highest BCUT2D eigenvalue weighted by molar-refractivity contribution is 7.90. The molecule has 1 aliphatic heterocycles. The Morgan fingerprint density at radius 3 is 2.45 bits per heavy atom. The Labute approximate surface area is 171 Å². The average molecular weight is 420 g/mol. The lowest BCUT2D eigenvalue weighted by atomic mass is 10.2. The van der Waals surface area contributed by atoms with Gasteiger partial charge in [0.1, 0.15) is 16.4 Å². The number of ether oxygens (including phenoxy) is 2. The molecule has 0 atom stereocenters. The molecule has 1 saturated heterocycles. The van der Waals surface area contributed by atoms with Crippen LogP contribution in [0.4, 0.5) is 0 Å². The first-order chi connectivity index (χ1) is 13.8. The third-order valence-electron chi connectivity index (χ3n) is 4.89. The molecule has 1 aliphatic rings. The number of carbonyl (C=O) groups is 1. The SMILES string of the molecule is COc1ccc(OC)c(S(=O)(=O)Cc2cncc(C(=O)N3CCN(C)CC3)c2)c1. The van der Waals surface area contributed by atoms with Gasteiger partial charge in [0.25, 0.3) is 5.91 Å². The summed E-state index contributed by atoms with van der Waals surface area (Å²) in [7, 11) is 1.16. The monoisotopic (exact) mass is 419 g/mol. The number of nitrogens with zero attached hydrogens (tertiary/aromatic N) is 3. The van der Waals surface area contributed by atoms with Crippen molar-refractivity contribution in [3.63, 3.8) is 0 Å². The zero-order chi connectivity index (χ0) is 21.0. The van der Waals surface area contributed by atoms with E-state index in [-0.39, 0.29) is 22.3 Å². The molecule has 1 amide bonds. The van der Waals surface area contributed by atoms with Crippen molar-refractivity contribution in [2.45, 2.75) is 10.6 Å². The van der Waals surface area contributed by atoms with Crippen molar-refractivity contribution in [2.75, 3.05) is 47.4 Å². The van der Waals surface area contributed by atoms with Crippen LogP contribution in [0.1, 0.15) is 15.9 Å². The number of hydrogen-bond donors (Lipinski definition) is 0. The van der Waals surface area contributed by atoms with Crippen LogP contribution in [0, 0.1) is 0 Å². The lowest BCUT2D eigenvalue weighted by molar-refractivity contribution is 0.0663. The summed E-state index contributed by atoms with van der Waals surface area (Å²) in [4.78, 5) is 20.8. The van der Waals surface area contributed by atoms with Crippen LogP contribution in [-0.2, 0) is 15.6 Å².